The van der Waals surface area contributed by atoms with Crippen molar-refractivity contribution in [2.75, 3.05) is 5.75 Å². The third kappa shape index (κ3) is 3.08. The highest BCUT2D eigenvalue weighted by Crippen LogP contribution is 2.46. The van der Waals surface area contributed by atoms with Gasteiger partial charge in [-0.1, -0.05) is 23.4 Å². The molecule has 3 amide bonds. The number of urea groups is 1. The Balaban J connectivity index is 1.84. The lowest BCUT2D eigenvalue weighted by Crippen LogP contribution is -2.64. The maximum absolute atomic E-state index is 13.4. The number of hydrogen-bond acceptors (Lipinski definition) is 5. The third-order valence-corrected chi connectivity index (χ3v) is 3.96. The first kappa shape index (κ1) is 16.7. The van der Waals surface area contributed by atoms with E-state index in [2.05, 4.69) is 10.3 Å². The van der Waals surface area contributed by atoms with Crippen molar-refractivity contribution in [3.05, 3.63) is 23.2 Å². The minimum atomic E-state index is -5.11. The van der Waals surface area contributed by atoms with E-state index in [4.69, 9.17) is 21.1 Å². The first-order chi connectivity index (χ1) is 11.2. The van der Waals surface area contributed by atoms with E-state index < -0.39 is 24.0 Å². The van der Waals surface area contributed by atoms with Gasteiger partial charge in [0, 0.05) is 11.1 Å². The minimum Gasteiger partial charge on any atom is -0.424 e. The Morgan fingerprint density at radius 3 is 2.71 bits per heavy atom. The van der Waals surface area contributed by atoms with Gasteiger partial charge in [-0.15, -0.1) is 0 Å². The molecular formula is C12H7ClF3N3O4S. The van der Waals surface area contributed by atoms with Crippen LogP contribution in [0.25, 0.3) is 0 Å². The number of alkyl halides is 3. The summed E-state index contributed by atoms with van der Waals surface area (Å²) in [6.07, 6.45) is -5.11. The van der Waals surface area contributed by atoms with Crippen molar-refractivity contribution in [3.63, 3.8) is 0 Å². The molecule has 0 radical (unpaired) electrons. The molecule has 3 rings (SSSR count). The van der Waals surface area contributed by atoms with E-state index in [9.17, 15) is 22.8 Å². The van der Waals surface area contributed by atoms with E-state index >= 15 is 0 Å². The molecule has 1 fully saturated rings. The summed E-state index contributed by atoms with van der Waals surface area (Å²) in [5.41, 5.74) is 0. The van der Waals surface area contributed by atoms with Gasteiger partial charge in [0.2, 0.25) is 5.91 Å². The predicted molar refractivity (Wildman–Crippen MR) is 78.1 cm³/mol. The van der Waals surface area contributed by atoms with Crippen LogP contribution in [-0.2, 0) is 4.79 Å². The predicted octanol–water partition coefficient (Wildman–Crippen LogP) is 2.26. The van der Waals surface area contributed by atoms with Crippen LogP contribution in [0.2, 0.25) is 5.02 Å². The number of thioether (sulfide) groups is 1. The van der Waals surface area contributed by atoms with Gasteiger partial charge in [0.15, 0.2) is 16.7 Å². The molecule has 7 nitrogen and oxygen atoms in total. The maximum Gasteiger partial charge on any atom is 0.492 e. The van der Waals surface area contributed by atoms with Gasteiger partial charge in [-0.2, -0.15) is 18.2 Å². The second kappa shape index (κ2) is 5.74. The highest BCUT2D eigenvalue weighted by molar-refractivity contribution is 8.15. The summed E-state index contributed by atoms with van der Waals surface area (Å²) in [6, 6.07) is 2.21. The minimum absolute atomic E-state index is 0.0213. The molecule has 128 valence electrons. The number of hydrogen-bond donors (Lipinski definition) is 2. The van der Waals surface area contributed by atoms with Gasteiger partial charge in [0.1, 0.15) is 0 Å². The van der Waals surface area contributed by atoms with Crippen molar-refractivity contribution < 1.29 is 32.2 Å². The average molecular weight is 382 g/mol. The molecule has 12 heteroatoms. The average Bonchev–Trinajstić information content (AvgIpc) is 3.01. The molecule has 2 aliphatic rings. The van der Waals surface area contributed by atoms with E-state index in [1.807, 2.05) is 0 Å². The van der Waals surface area contributed by atoms with E-state index in [-0.39, 0.29) is 27.4 Å². The fraction of sp³-hybridized carbons (Fsp3) is 0.250. The maximum atomic E-state index is 13.4. The van der Waals surface area contributed by atoms with Crippen LogP contribution >= 0.6 is 23.4 Å². The van der Waals surface area contributed by atoms with Crippen molar-refractivity contribution >= 4 is 40.5 Å². The first-order valence-corrected chi connectivity index (χ1v) is 7.63. The molecule has 1 atom stereocenters. The largest absolute Gasteiger partial charge is 0.492 e. The highest BCUT2D eigenvalue weighted by Gasteiger charge is 2.65. The Bertz CT molecular complexity index is 758. The number of amidine groups is 1. The van der Waals surface area contributed by atoms with E-state index in [1.165, 1.54) is 17.4 Å². The number of amides is 3. The van der Waals surface area contributed by atoms with E-state index in [1.54, 1.807) is 0 Å². The van der Waals surface area contributed by atoms with Crippen LogP contribution in [0.3, 0.4) is 0 Å². The standard InChI is InChI=1S/C12H7ClF3N3O4S/c13-5-1-2-6-7(3-5)23-12(22-6,11(14,15)16)19-9(21)18-10-17-8(20)4-24-10/h1-3H,4H2,(H2,17,18,19,20,21)/t12-/m0/s1. The van der Waals surface area contributed by atoms with Crippen molar-refractivity contribution in [3.8, 4) is 11.5 Å². The van der Waals surface area contributed by atoms with Crippen LogP contribution in [0.5, 0.6) is 11.5 Å². The molecule has 24 heavy (non-hydrogen) atoms. The first-order valence-electron chi connectivity index (χ1n) is 6.26. The molecule has 1 saturated heterocycles. The van der Waals surface area contributed by atoms with Crippen LogP contribution in [0, 0.1) is 0 Å². The van der Waals surface area contributed by atoms with Gasteiger partial charge in [-0.25, -0.2) is 4.79 Å². The molecule has 0 aliphatic carbocycles. The summed E-state index contributed by atoms with van der Waals surface area (Å²) in [4.78, 5) is 26.1. The summed E-state index contributed by atoms with van der Waals surface area (Å²) in [5, 5.41) is 3.77. The third-order valence-electron chi connectivity index (χ3n) is 2.85. The van der Waals surface area contributed by atoms with E-state index in [0.717, 1.165) is 17.8 Å². The quantitative estimate of drug-likeness (QED) is 0.779. The van der Waals surface area contributed by atoms with Gasteiger partial charge in [-0.3, -0.25) is 10.1 Å². The summed E-state index contributed by atoms with van der Waals surface area (Å²) in [6.45, 7) is 0. The SMILES string of the molecule is O=C1CSC(=NC(=O)N[C@@]2(C(F)(F)F)Oc3ccc(Cl)cc3O2)N1. The fourth-order valence-corrected chi connectivity index (χ4v) is 2.70. The molecule has 2 N–H and O–H groups in total. The smallest absolute Gasteiger partial charge is 0.424 e. The molecule has 0 unspecified atom stereocenters. The molecule has 2 heterocycles. The van der Waals surface area contributed by atoms with Gasteiger partial charge in [-0.05, 0) is 12.1 Å². The summed E-state index contributed by atoms with van der Waals surface area (Å²) in [5.74, 6) is -4.35. The van der Waals surface area contributed by atoms with Crippen molar-refractivity contribution in [2.24, 2.45) is 4.99 Å². The number of aliphatic imine (C=N–C) groups is 1. The zero-order chi connectivity index (χ0) is 17.5. The second-order valence-electron chi connectivity index (χ2n) is 4.59. The lowest BCUT2D eigenvalue weighted by atomic mass is 10.3. The molecule has 1 aromatic rings. The summed E-state index contributed by atoms with van der Waals surface area (Å²) >= 11 is 6.58. The summed E-state index contributed by atoms with van der Waals surface area (Å²) < 4.78 is 49.7. The number of carbonyl (C=O) groups excluding carboxylic acids is 2. The molecular weight excluding hydrogens is 375 g/mol. The lowest BCUT2D eigenvalue weighted by molar-refractivity contribution is -0.317. The van der Waals surface area contributed by atoms with Crippen LogP contribution in [0.1, 0.15) is 0 Å². The second-order valence-corrected chi connectivity index (χ2v) is 5.99. The number of nitrogens with one attached hydrogen (secondary N) is 2. The Kier molecular flexibility index (Phi) is 4.00. The zero-order valence-electron chi connectivity index (χ0n) is 11.4. The topological polar surface area (TPSA) is 89.0 Å². The molecule has 2 aliphatic heterocycles. The van der Waals surface area contributed by atoms with Crippen molar-refractivity contribution in [1.82, 2.24) is 10.6 Å². The Morgan fingerprint density at radius 2 is 2.08 bits per heavy atom. The monoisotopic (exact) mass is 381 g/mol. The number of nitrogens with zero attached hydrogens (tertiary/aromatic N) is 1. The van der Waals surface area contributed by atoms with Gasteiger partial charge < -0.3 is 14.8 Å². The Hall–Kier alpha value is -2.14. The number of fused-ring (bicyclic) bond motifs is 1. The number of benzene rings is 1. The van der Waals surface area contributed by atoms with Crippen LogP contribution in [-0.4, -0.2) is 34.9 Å². The number of halogens is 4. The van der Waals surface area contributed by atoms with Crippen molar-refractivity contribution in [1.29, 1.82) is 0 Å². The van der Waals surface area contributed by atoms with Crippen molar-refractivity contribution in [2.45, 2.75) is 12.1 Å². The summed E-state index contributed by atoms with van der Waals surface area (Å²) in [7, 11) is 0. The van der Waals surface area contributed by atoms with E-state index in [0.29, 0.717) is 0 Å². The molecule has 0 spiro atoms. The van der Waals surface area contributed by atoms with Crippen LogP contribution in [0.4, 0.5) is 18.0 Å². The lowest BCUT2D eigenvalue weighted by Gasteiger charge is -2.28. The van der Waals surface area contributed by atoms with Gasteiger partial charge >= 0.3 is 18.1 Å². The van der Waals surface area contributed by atoms with Gasteiger partial charge in [0.05, 0.1) is 5.75 Å². The Labute approximate surface area is 141 Å². The highest BCUT2D eigenvalue weighted by atomic mass is 35.5. The van der Waals surface area contributed by atoms with Crippen LogP contribution in [0.15, 0.2) is 23.2 Å². The Morgan fingerprint density at radius 1 is 1.38 bits per heavy atom. The van der Waals surface area contributed by atoms with Gasteiger partial charge in [0.25, 0.3) is 0 Å². The van der Waals surface area contributed by atoms with Crippen LogP contribution < -0.4 is 20.1 Å². The number of ether oxygens (including phenoxy) is 2. The number of carbonyl (C=O) groups is 2. The molecule has 0 aromatic heterocycles. The molecule has 0 bridgehead atoms. The molecule has 1 aromatic carbocycles. The molecule has 0 saturated carbocycles. The number of rotatable bonds is 1. The normalized spacial score (nSPS) is 24.2. The fourth-order valence-electron chi connectivity index (χ4n) is 1.86. The zero-order valence-corrected chi connectivity index (χ0v) is 13.0.